The van der Waals surface area contributed by atoms with Crippen molar-refractivity contribution in [1.82, 2.24) is 4.90 Å². The molecule has 114 valence electrons. The molecule has 1 fully saturated rings. The van der Waals surface area contributed by atoms with Crippen LogP contribution in [0, 0.1) is 11.7 Å². The molecule has 0 aliphatic carbocycles. The van der Waals surface area contributed by atoms with Gasteiger partial charge in [0.05, 0.1) is 0 Å². The van der Waals surface area contributed by atoms with E-state index in [-0.39, 0.29) is 18.2 Å². The maximum atomic E-state index is 13.2. The summed E-state index contributed by atoms with van der Waals surface area (Å²) in [5.41, 5.74) is 5.67. The molecule has 0 bridgehead atoms. The smallest absolute Gasteiger partial charge is 0.128 e. The number of hydrogen-bond acceptors (Lipinski definition) is 3. The van der Waals surface area contributed by atoms with Crippen LogP contribution < -0.4 is 10.5 Å². The van der Waals surface area contributed by atoms with Crippen LogP contribution in [0.4, 0.5) is 4.39 Å². The third-order valence-corrected chi connectivity index (χ3v) is 4.01. The number of rotatable bonds is 5. The molecule has 2 N–H and O–H groups in total. The predicted octanol–water partition coefficient (Wildman–Crippen LogP) is 3.06. The molecule has 0 amide bonds. The SMILES string of the molecule is Cl.NCC1CCN(CCOc2cc(F)cc(Br)c2)CC1. The van der Waals surface area contributed by atoms with Crippen molar-refractivity contribution in [2.24, 2.45) is 11.7 Å². The highest BCUT2D eigenvalue weighted by Crippen LogP contribution is 2.21. The molecular weight excluding hydrogens is 347 g/mol. The van der Waals surface area contributed by atoms with Crippen molar-refractivity contribution in [2.45, 2.75) is 12.8 Å². The zero-order valence-electron chi connectivity index (χ0n) is 11.4. The molecule has 0 spiro atoms. The highest BCUT2D eigenvalue weighted by Gasteiger charge is 2.17. The van der Waals surface area contributed by atoms with E-state index in [2.05, 4.69) is 20.8 Å². The second kappa shape index (κ2) is 8.82. The van der Waals surface area contributed by atoms with E-state index >= 15 is 0 Å². The first-order chi connectivity index (χ1) is 9.17. The number of likely N-dealkylation sites (tertiary alicyclic amines) is 1. The van der Waals surface area contributed by atoms with Gasteiger partial charge in [0.1, 0.15) is 18.2 Å². The average molecular weight is 368 g/mol. The van der Waals surface area contributed by atoms with Gasteiger partial charge in [0.25, 0.3) is 0 Å². The third-order valence-electron chi connectivity index (χ3n) is 3.55. The normalized spacial score (nSPS) is 16.8. The number of piperidine rings is 1. The molecule has 1 heterocycles. The molecule has 0 atom stereocenters. The monoisotopic (exact) mass is 366 g/mol. The van der Waals surface area contributed by atoms with Gasteiger partial charge < -0.3 is 10.5 Å². The van der Waals surface area contributed by atoms with Gasteiger partial charge in [-0.2, -0.15) is 0 Å². The number of halogens is 3. The van der Waals surface area contributed by atoms with Gasteiger partial charge in [-0.05, 0) is 50.5 Å². The fourth-order valence-corrected chi connectivity index (χ4v) is 2.79. The zero-order valence-corrected chi connectivity index (χ0v) is 13.8. The van der Waals surface area contributed by atoms with Crippen LogP contribution in [0.3, 0.4) is 0 Å². The topological polar surface area (TPSA) is 38.5 Å². The van der Waals surface area contributed by atoms with Gasteiger partial charge in [0.2, 0.25) is 0 Å². The first-order valence-electron chi connectivity index (χ1n) is 6.68. The molecule has 1 aliphatic heterocycles. The molecule has 1 aromatic carbocycles. The van der Waals surface area contributed by atoms with Crippen LogP contribution in [-0.2, 0) is 0 Å². The minimum atomic E-state index is -0.284. The van der Waals surface area contributed by atoms with E-state index in [1.165, 1.54) is 25.0 Å². The second-order valence-electron chi connectivity index (χ2n) is 4.97. The molecule has 0 aromatic heterocycles. The number of nitrogens with zero attached hydrogens (tertiary/aromatic N) is 1. The number of benzene rings is 1. The van der Waals surface area contributed by atoms with Gasteiger partial charge >= 0.3 is 0 Å². The van der Waals surface area contributed by atoms with Crippen LogP contribution in [-0.4, -0.2) is 37.7 Å². The molecule has 6 heteroatoms. The highest BCUT2D eigenvalue weighted by atomic mass is 79.9. The van der Waals surface area contributed by atoms with Crippen molar-refractivity contribution >= 4 is 28.3 Å². The molecule has 0 radical (unpaired) electrons. The molecule has 20 heavy (non-hydrogen) atoms. The van der Waals surface area contributed by atoms with Gasteiger partial charge in [-0.3, -0.25) is 4.90 Å². The van der Waals surface area contributed by atoms with Crippen LogP contribution in [0.25, 0.3) is 0 Å². The van der Waals surface area contributed by atoms with E-state index in [0.29, 0.717) is 22.7 Å². The summed E-state index contributed by atoms with van der Waals surface area (Å²) in [5.74, 6) is 0.966. The molecule has 1 aromatic rings. The molecular formula is C14H21BrClFN2O. The Kier molecular flexibility index (Phi) is 7.80. The maximum Gasteiger partial charge on any atom is 0.128 e. The minimum absolute atomic E-state index is 0. The fraction of sp³-hybridized carbons (Fsp3) is 0.571. The molecule has 0 unspecified atom stereocenters. The Balaban J connectivity index is 0.00000200. The number of nitrogens with two attached hydrogens (primary N) is 1. The van der Waals surface area contributed by atoms with Crippen molar-refractivity contribution in [2.75, 3.05) is 32.8 Å². The van der Waals surface area contributed by atoms with E-state index in [1.54, 1.807) is 6.07 Å². The Labute approximate surface area is 134 Å². The number of ether oxygens (including phenoxy) is 1. The van der Waals surface area contributed by atoms with Crippen molar-refractivity contribution < 1.29 is 9.13 Å². The summed E-state index contributed by atoms with van der Waals surface area (Å²) >= 11 is 3.25. The lowest BCUT2D eigenvalue weighted by atomic mass is 9.97. The highest BCUT2D eigenvalue weighted by molar-refractivity contribution is 9.10. The summed E-state index contributed by atoms with van der Waals surface area (Å²) in [6.45, 7) is 4.42. The van der Waals surface area contributed by atoms with Crippen molar-refractivity contribution in [1.29, 1.82) is 0 Å². The minimum Gasteiger partial charge on any atom is -0.492 e. The largest absolute Gasteiger partial charge is 0.492 e. The lowest BCUT2D eigenvalue weighted by molar-refractivity contribution is 0.157. The van der Waals surface area contributed by atoms with Gasteiger partial charge in [0.15, 0.2) is 0 Å². The lowest BCUT2D eigenvalue weighted by Crippen LogP contribution is -2.38. The summed E-state index contributed by atoms with van der Waals surface area (Å²) in [6, 6.07) is 4.61. The second-order valence-corrected chi connectivity index (χ2v) is 5.89. The van der Waals surface area contributed by atoms with Gasteiger partial charge in [0, 0.05) is 17.1 Å². The van der Waals surface area contributed by atoms with E-state index in [4.69, 9.17) is 10.5 Å². The van der Waals surface area contributed by atoms with Crippen molar-refractivity contribution in [3.63, 3.8) is 0 Å². The summed E-state index contributed by atoms with van der Waals surface area (Å²) in [4.78, 5) is 2.38. The molecule has 0 saturated carbocycles. The summed E-state index contributed by atoms with van der Waals surface area (Å²) in [5, 5.41) is 0. The lowest BCUT2D eigenvalue weighted by Gasteiger charge is -2.31. The Bertz CT molecular complexity index is 394. The van der Waals surface area contributed by atoms with E-state index in [9.17, 15) is 4.39 Å². The van der Waals surface area contributed by atoms with Crippen LogP contribution in [0.2, 0.25) is 0 Å². The molecule has 3 nitrogen and oxygen atoms in total. The zero-order chi connectivity index (χ0) is 13.7. The summed E-state index contributed by atoms with van der Waals surface area (Å²) in [7, 11) is 0. The summed E-state index contributed by atoms with van der Waals surface area (Å²) in [6.07, 6.45) is 2.34. The van der Waals surface area contributed by atoms with Crippen LogP contribution in [0.1, 0.15) is 12.8 Å². The first-order valence-corrected chi connectivity index (χ1v) is 7.48. The number of hydrogen-bond donors (Lipinski definition) is 1. The van der Waals surface area contributed by atoms with Crippen LogP contribution in [0.15, 0.2) is 22.7 Å². The predicted molar refractivity (Wildman–Crippen MR) is 85.1 cm³/mol. The quantitative estimate of drug-likeness (QED) is 0.869. The Morgan fingerprint density at radius 3 is 2.60 bits per heavy atom. The third kappa shape index (κ3) is 5.56. The van der Waals surface area contributed by atoms with E-state index in [0.717, 1.165) is 26.2 Å². The van der Waals surface area contributed by atoms with E-state index < -0.39 is 0 Å². The van der Waals surface area contributed by atoms with Crippen molar-refractivity contribution in [3.8, 4) is 5.75 Å². The first kappa shape index (κ1) is 17.7. The van der Waals surface area contributed by atoms with Gasteiger partial charge in [-0.15, -0.1) is 12.4 Å². The van der Waals surface area contributed by atoms with Gasteiger partial charge in [-0.1, -0.05) is 15.9 Å². The van der Waals surface area contributed by atoms with Gasteiger partial charge in [-0.25, -0.2) is 4.39 Å². The van der Waals surface area contributed by atoms with Crippen LogP contribution >= 0.6 is 28.3 Å². The van der Waals surface area contributed by atoms with Crippen LogP contribution in [0.5, 0.6) is 5.75 Å². The Morgan fingerprint density at radius 2 is 2.00 bits per heavy atom. The van der Waals surface area contributed by atoms with Crippen molar-refractivity contribution in [3.05, 3.63) is 28.5 Å². The maximum absolute atomic E-state index is 13.2. The molecule has 1 aliphatic rings. The standard InChI is InChI=1S/C14H20BrFN2O.ClH/c15-12-7-13(16)9-14(8-12)19-6-5-18-3-1-11(10-17)2-4-18;/h7-9,11H,1-6,10,17H2;1H. The average Bonchev–Trinajstić information content (AvgIpc) is 2.38. The fourth-order valence-electron chi connectivity index (χ4n) is 2.35. The Morgan fingerprint density at radius 1 is 1.30 bits per heavy atom. The van der Waals surface area contributed by atoms with E-state index in [1.807, 2.05) is 0 Å². The summed E-state index contributed by atoms with van der Waals surface area (Å²) < 4.78 is 19.4. The Hall–Kier alpha value is -0.360. The molecule has 2 rings (SSSR count). The molecule has 1 saturated heterocycles.